The molecule has 16 heavy (non-hydrogen) atoms. The molecular formula is C12H20N4. The normalized spacial score (nSPS) is 25.4. The van der Waals surface area contributed by atoms with E-state index in [4.69, 9.17) is 5.73 Å². The molecule has 2 atom stereocenters. The fourth-order valence-corrected chi connectivity index (χ4v) is 2.47. The molecule has 0 aliphatic carbocycles. The highest BCUT2D eigenvalue weighted by molar-refractivity contribution is 5.62. The Labute approximate surface area is 97.1 Å². The van der Waals surface area contributed by atoms with Gasteiger partial charge in [0.25, 0.3) is 0 Å². The first-order chi connectivity index (χ1) is 7.59. The Morgan fingerprint density at radius 3 is 2.75 bits per heavy atom. The van der Waals surface area contributed by atoms with Gasteiger partial charge in [0.15, 0.2) is 5.82 Å². The molecule has 4 heteroatoms. The third kappa shape index (κ3) is 1.97. The summed E-state index contributed by atoms with van der Waals surface area (Å²) in [5, 5.41) is 0. The molecule has 1 fully saturated rings. The van der Waals surface area contributed by atoms with Crippen LogP contribution in [0.2, 0.25) is 0 Å². The van der Waals surface area contributed by atoms with Gasteiger partial charge in [-0.2, -0.15) is 0 Å². The van der Waals surface area contributed by atoms with Crippen LogP contribution in [0.15, 0.2) is 18.3 Å². The van der Waals surface area contributed by atoms with E-state index in [-0.39, 0.29) is 0 Å². The minimum atomic E-state index is 0.585. The predicted octanol–water partition coefficient (Wildman–Crippen LogP) is 1.05. The Balaban J connectivity index is 2.17. The van der Waals surface area contributed by atoms with Gasteiger partial charge in [-0.05, 0) is 32.1 Å². The maximum atomic E-state index is 5.95. The van der Waals surface area contributed by atoms with Crippen LogP contribution in [0.5, 0.6) is 0 Å². The minimum absolute atomic E-state index is 0.585. The molecule has 88 valence electrons. The van der Waals surface area contributed by atoms with Gasteiger partial charge < -0.3 is 15.5 Å². The average Bonchev–Trinajstić information content (AvgIpc) is 2.61. The second kappa shape index (κ2) is 4.29. The maximum Gasteiger partial charge on any atom is 0.151 e. The van der Waals surface area contributed by atoms with Gasteiger partial charge in [0.05, 0.1) is 5.69 Å². The molecule has 1 aliphatic heterocycles. The minimum Gasteiger partial charge on any atom is -0.396 e. The molecular weight excluding hydrogens is 200 g/mol. The van der Waals surface area contributed by atoms with Crippen molar-refractivity contribution in [1.29, 1.82) is 0 Å². The molecule has 2 rings (SSSR count). The summed E-state index contributed by atoms with van der Waals surface area (Å²) < 4.78 is 0. The molecule has 1 saturated heterocycles. The molecule has 1 aromatic heterocycles. The highest BCUT2D eigenvalue weighted by atomic mass is 15.3. The SMILES string of the molecule is CC1CN(c2ncccc2N)CC1N(C)C. The van der Waals surface area contributed by atoms with Gasteiger partial charge >= 0.3 is 0 Å². The quantitative estimate of drug-likeness (QED) is 0.809. The number of nitrogens with two attached hydrogens (primary N) is 1. The van der Waals surface area contributed by atoms with E-state index in [0.29, 0.717) is 12.0 Å². The number of likely N-dealkylation sites (N-methyl/N-ethyl adjacent to an activating group) is 1. The summed E-state index contributed by atoms with van der Waals surface area (Å²) in [6, 6.07) is 4.37. The molecule has 0 radical (unpaired) electrons. The summed E-state index contributed by atoms with van der Waals surface area (Å²) in [7, 11) is 4.26. The van der Waals surface area contributed by atoms with Crippen LogP contribution in [0, 0.1) is 5.92 Å². The topological polar surface area (TPSA) is 45.4 Å². The third-order valence-electron chi connectivity index (χ3n) is 3.35. The summed E-state index contributed by atoms with van der Waals surface area (Å²) in [6.07, 6.45) is 1.80. The first kappa shape index (κ1) is 11.2. The Kier molecular flexibility index (Phi) is 3.01. The lowest BCUT2D eigenvalue weighted by Crippen LogP contribution is -2.34. The highest BCUT2D eigenvalue weighted by Gasteiger charge is 2.32. The van der Waals surface area contributed by atoms with Crippen molar-refractivity contribution in [1.82, 2.24) is 9.88 Å². The zero-order valence-electron chi connectivity index (χ0n) is 10.2. The van der Waals surface area contributed by atoms with Crippen molar-refractivity contribution in [3.63, 3.8) is 0 Å². The molecule has 0 bridgehead atoms. The number of anilines is 2. The van der Waals surface area contributed by atoms with Gasteiger partial charge in [-0.3, -0.25) is 0 Å². The van der Waals surface area contributed by atoms with E-state index in [1.165, 1.54) is 0 Å². The molecule has 0 aromatic carbocycles. The monoisotopic (exact) mass is 220 g/mol. The van der Waals surface area contributed by atoms with Gasteiger partial charge in [-0.1, -0.05) is 6.92 Å². The molecule has 2 unspecified atom stereocenters. The summed E-state index contributed by atoms with van der Waals surface area (Å²) in [5.74, 6) is 1.58. The van der Waals surface area contributed by atoms with Gasteiger partial charge in [0.2, 0.25) is 0 Å². The van der Waals surface area contributed by atoms with Crippen molar-refractivity contribution in [3.8, 4) is 0 Å². The lowest BCUT2D eigenvalue weighted by molar-refractivity contribution is 0.266. The smallest absolute Gasteiger partial charge is 0.151 e. The second-order valence-electron chi connectivity index (χ2n) is 4.83. The van der Waals surface area contributed by atoms with Crippen molar-refractivity contribution in [2.45, 2.75) is 13.0 Å². The number of nitrogens with zero attached hydrogens (tertiary/aromatic N) is 3. The highest BCUT2D eigenvalue weighted by Crippen LogP contribution is 2.27. The van der Waals surface area contributed by atoms with Crippen LogP contribution >= 0.6 is 0 Å². The van der Waals surface area contributed by atoms with Crippen LogP contribution in [-0.2, 0) is 0 Å². The fraction of sp³-hybridized carbons (Fsp3) is 0.583. The Hall–Kier alpha value is -1.29. The predicted molar refractivity (Wildman–Crippen MR) is 67.5 cm³/mol. The van der Waals surface area contributed by atoms with Crippen LogP contribution in [0.4, 0.5) is 11.5 Å². The van der Waals surface area contributed by atoms with E-state index in [1.54, 1.807) is 6.20 Å². The number of nitrogen functional groups attached to an aromatic ring is 1. The van der Waals surface area contributed by atoms with Crippen LogP contribution in [0.3, 0.4) is 0 Å². The maximum absolute atomic E-state index is 5.95. The van der Waals surface area contributed by atoms with E-state index in [2.05, 4.69) is 35.8 Å². The second-order valence-corrected chi connectivity index (χ2v) is 4.83. The molecule has 0 saturated carbocycles. The summed E-state index contributed by atoms with van der Waals surface area (Å²) in [5.41, 5.74) is 6.72. The van der Waals surface area contributed by atoms with Gasteiger partial charge in [-0.25, -0.2) is 4.98 Å². The number of hydrogen-bond acceptors (Lipinski definition) is 4. The molecule has 0 amide bonds. The standard InChI is InChI=1S/C12H20N4/c1-9-7-16(8-11(9)15(2)3)12-10(13)5-4-6-14-12/h4-6,9,11H,7-8,13H2,1-3H3. The van der Waals surface area contributed by atoms with Crippen molar-refractivity contribution in [2.75, 3.05) is 37.8 Å². The summed E-state index contributed by atoms with van der Waals surface area (Å²) in [6.45, 7) is 4.32. The first-order valence-corrected chi connectivity index (χ1v) is 5.71. The number of aromatic nitrogens is 1. The largest absolute Gasteiger partial charge is 0.396 e. The zero-order chi connectivity index (χ0) is 11.7. The molecule has 0 spiro atoms. The van der Waals surface area contributed by atoms with Crippen molar-refractivity contribution < 1.29 is 0 Å². The van der Waals surface area contributed by atoms with Gasteiger partial charge in [0.1, 0.15) is 0 Å². The number of pyridine rings is 1. The van der Waals surface area contributed by atoms with Crippen LogP contribution < -0.4 is 10.6 Å². The number of rotatable bonds is 2. The molecule has 4 nitrogen and oxygen atoms in total. The van der Waals surface area contributed by atoms with Gasteiger partial charge in [-0.15, -0.1) is 0 Å². The Bertz CT molecular complexity index is 364. The molecule has 1 aromatic rings. The summed E-state index contributed by atoms with van der Waals surface area (Å²) >= 11 is 0. The van der Waals surface area contributed by atoms with Crippen molar-refractivity contribution in [3.05, 3.63) is 18.3 Å². The molecule has 1 aliphatic rings. The Morgan fingerprint density at radius 1 is 1.44 bits per heavy atom. The third-order valence-corrected chi connectivity index (χ3v) is 3.35. The van der Waals surface area contributed by atoms with E-state index >= 15 is 0 Å². The lowest BCUT2D eigenvalue weighted by Gasteiger charge is -2.23. The summed E-state index contributed by atoms with van der Waals surface area (Å²) in [4.78, 5) is 8.93. The van der Waals surface area contributed by atoms with Crippen LogP contribution in [0.1, 0.15) is 6.92 Å². The van der Waals surface area contributed by atoms with E-state index in [0.717, 1.165) is 24.6 Å². The number of hydrogen-bond donors (Lipinski definition) is 1. The van der Waals surface area contributed by atoms with Crippen molar-refractivity contribution in [2.24, 2.45) is 5.92 Å². The van der Waals surface area contributed by atoms with Crippen molar-refractivity contribution >= 4 is 11.5 Å². The van der Waals surface area contributed by atoms with E-state index in [1.807, 2.05) is 12.1 Å². The lowest BCUT2D eigenvalue weighted by atomic mass is 10.1. The van der Waals surface area contributed by atoms with E-state index < -0.39 is 0 Å². The zero-order valence-corrected chi connectivity index (χ0v) is 10.2. The van der Waals surface area contributed by atoms with Crippen LogP contribution in [0.25, 0.3) is 0 Å². The van der Waals surface area contributed by atoms with E-state index in [9.17, 15) is 0 Å². The Morgan fingerprint density at radius 2 is 2.19 bits per heavy atom. The molecule has 2 heterocycles. The molecule has 2 N–H and O–H groups in total. The first-order valence-electron chi connectivity index (χ1n) is 5.71. The van der Waals surface area contributed by atoms with Gasteiger partial charge in [0, 0.05) is 25.3 Å². The fourth-order valence-electron chi connectivity index (χ4n) is 2.47. The average molecular weight is 220 g/mol. The van der Waals surface area contributed by atoms with Crippen LogP contribution in [-0.4, -0.2) is 43.1 Å².